The number of nitrogens with zero attached hydrogens (tertiary/aromatic N) is 2. The van der Waals surface area contributed by atoms with E-state index in [-0.39, 0.29) is 24.4 Å². The Morgan fingerprint density at radius 1 is 1.25 bits per heavy atom. The summed E-state index contributed by atoms with van der Waals surface area (Å²) >= 11 is 0. The number of para-hydroxylation sites is 1. The van der Waals surface area contributed by atoms with Crippen LogP contribution >= 0.6 is 0 Å². The standard InChI is InChI=1S/C25H40N2O7SSi/c1-9-13-22(24(28)33-6)26(35(31,32)23-16-11-10-15-21(23)27(29)30)18-17-20(2)14-12-19-34-36(7,8)25(3,4)5/h9-11,15-16,22H,1-2,12-14,17-19H2,3-8H3/t22-/m0/s1. The predicted molar refractivity (Wildman–Crippen MR) is 144 cm³/mol. The number of carbonyl (C=O) groups excluding carboxylic acids is 1. The van der Waals surface area contributed by atoms with Crippen molar-refractivity contribution in [1.82, 2.24) is 4.31 Å². The average molecular weight is 541 g/mol. The van der Waals surface area contributed by atoms with Crippen molar-refractivity contribution in [2.24, 2.45) is 0 Å². The van der Waals surface area contributed by atoms with E-state index in [1.807, 2.05) is 0 Å². The summed E-state index contributed by atoms with van der Waals surface area (Å²) in [5, 5.41) is 11.6. The molecule has 0 aliphatic carbocycles. The van der Waals surface area contributed by atoms with Gasteiger partial charge < -0.3 is 9.16 Å². The smallest absolute Gasteiger partial charge is 0.324 e. The van der Waals surface area contributed by atoms with Gasteiger partial charge in [0.25, 0.3) is 15.7 Å². The van der Waals surface area contributed by atoms with Gasteiger partial charge in [0.15, 0.2) is 13.2 Å². The summed E-state index contributed by atoms with van der Waals surface area (Å²) in [5.74, 6) is -0.773. The first-order valence-electron chi connectivity index (χ1n) is 11.8. The summed E-state index contributed by atoms with van der Waals surface area (Å²) in [6.45, 7) is 19.0. The highest BCUT2D eigenvalue weighted by Crippen LogP contribution is 2.36. The van der Waals surface area contributed by atoms with E-state index in [0.717, 1.165) is 35.5 Å². The van der Waals surface area contributed by atoms with Crippen LogP contribution in [0.3, 0.4) is 0 Å². The van der Waals surface area contributed by atoms with Gasteiger partial charge in [-0.2, -0.15) is 4.31 Å². The molecule has 0 spiro atoms. The van der Waals surface area contributed by atoms with Gasteiger partial charge in [-0.05, 0) is 49.9 Å². The third-order valence-electron chi connectivity index (χ3n) is 6.49. The molecule has 9 nitrogen and oxygen atoms in total. The summed E-state index contributed by atoms with van der Waals surface area (Å²) in [4.78, 5) is 22.8. The molecule has 0 amide bonds. The van der Waals surface area contributed by atoms with Crippen LogP contribution in [-0.4, -0.2) is 58.2 Å². The second kappa shape index (κ2) is 13.3. The van der Waals surface area contributed by atoms with E-state index in [0.29, 0.717) is 13.0 Å². The van der Waals surface area contributed by atoms with Crippen molar-refractivity contribution >= 4 is 30.0 Å². The van der Waals surface area contributed by atoms with E-state index in [9.17, 15) is 23.3 Å². The Morgan fingerprint density at radius 3 is 2.39 bits per heavy atom. The van der Waals surface area contributed by atoms with E-state index in [2.05, 4.69) is 47.0 Å². The predicted octanol–water partition coefficient (Wildman–Crippen LogP) is 5.45. The molecule has 0 heterocycles. The monoisotopic (exact) mass is 540 g/mol. The fraction of sp³-hybridized carbons (Fsp3) is 0.560. The van der Waals surface area contributed by atoms with E-state index in [4.69, 9.17) is 9.16 Å². The molecule has 0 N–H and O–H groups in total. The van der Waals surface area contributed by atoms with Crippen molar-refractivity contribution in [2.75, 3.05) is 20.3 Å². The van der Waals surface area contributed by atoms with Crippen LogP contribution in [0.4, 0.5) is 5.69 Å². The average Bonchev–Trinajstić information content (AvgIpc) is 2.79. The van der Waals surface area contributed by atoms with Crippen LogP contribution < -0.4 is 0 Å². The Kier molecular flexibility index (Phi) is 11.7. The molecule has 0 aromatic heterocycles. The summed E-state index contributed by atoms with van der Waals surface area (Å²) in [5.41, 5.74) is 0.227. The first kappa shape index (κ1) is 31.7. The molecule has 0 unspecified atom stereocenters. The quantitative estimate of drug-likeness (QED) is 0.0725. The second-order valence-corrected chi connectivity index (χ2v) is 16.8. The van der Waals surface area contributed by atoms with Gasteiger partial charge in [-0.3, -0.25) is 14.9 Å². The van der Waals surface area contributed by atoms with Crippen molar-refractivity contribution in [3.8, 4) is 0 Å². The van der Waals surface area contributed by atoms with Crippen LogP contribution in [0.1, 0.15) is 46.5 Å². The lowest BCUT2D eigenvalue weighted by Gasteiger charge is -2.36. The lowest BCUT2D eigenvalue weighted by molar-refractivity contribution is -0.387. The third-order valence-corrected chi connectivity index (χ3v) is 13.0. The van der Waals surface area contributed by atoms with E-state index < -0.39 is 45.9 Å². The molecule has 0 aliphatic heterocycles. The summed E-state index contributed by atoms with van der Waals surface area (Å²) in [6.07, 6.45) is 3.02. The number of methoxy groups -OCH3 is 1. The number of sulfonamides is 1. The molecule has 11 heteroatoms. The van der Waals surface area contributed by atoms with Crippen molar-refractivity contribution in [2.45, 2.75) is 75.5 Å². The van der Waals surface area contributed by atoms with Crippen molar-refractivity contribution < 1.29 is 27.3 Å². The maximum absolute atomic E-state index is 13.6. The Balaban J connectivity index is 3.10. The van der Waals surface area contributed by atoms with Gasteiger partial charge in [0, 0.05) is 19.2 Å². The molecular formula is C25H40N2O7SSi. The van der Waals surface area contributed by atoms with Crippen molar-refractivity contribution in [3.63, 3.8) is 0 Å². The van der Waals surface area contributed by atoms with Gasteiger partial charge in [-0.25, -0.2) is 8.42 Å². The molecule has 0 radical (unpaired) electrons. The lowest BCUT2D eigenvalue weighted by atomic mass is 10.1. The zero-order valence-corrected chi connectivity index (χ0v) is 24.1. The van der Waals surface area contributed by atoms with E-state index >= 15 is 0 Å². The van der Waals surface area contributed by atoms with Crippen molar-refractivity contribution in [1.29, 1.82) is 0 Å². The number of ether oxygens (including phenoxy) is 1. The van der Waals surface area contributed by atoms with E-state index in [1.165, 1.54) is 18.2 Å². The third kappa shape index (κ3) is 8.36. The molecule has 1 aromatic carbocycles. The highest BCUT2D eigenvalue weighted by molar-refractivity contribution is 7.89. The second-order valence-electron chi connectivity index (χ2n) is 10.1. The molecule has 0 saturated carbocycles. The van der Waals surface area contributed by atoms with Crippen LogP contribution in [0.25, 0.3) is 0 Å². The number of rotatable bonds is 15. The topological polar surface area (TPSA) is 116 Å². The van der Waals surface area contributed by atoms with Crippen LogP contribution in [0.2, 0.25) is 18.1 Å². The summed E-state index contributed by atoms with van der Waals surface area (Å²) in [6, 6.07) is 3.85. The van der Waals surface area contributed by atoms with Crippen LogP contribution in [0.15, 0.2) is 54.0 Å². The van der Waals surface area contributed by atoms with Gasteiger partial charge in [0.1, 0.15) is 6.04 Å². The fourth-order valence-electron chi connectivity index (χ4n) is 3.28. The SMILES string of the molecule is C=CC[C@@H](C(=O)OC)N(CCC(=C)CCCO[Si](C)(C)C(C)(C)C)S(=O)(=O)c1ccccc1[N+](=O)[O-]. The number of nitro groups is 1. The summed E-state index contributed by atoms with van der Waals surface area (Å²) in [7, 11) is -5.13. The van der Waals surface area contributed by atoms with Gasteiger partial charge in [0.2, 0.25) is 0 Å². The Bertz CT molecular complexity index is 1050. The van der Waals surface area contributed by atoms with E-state index in [1.54, 1.807) is 0 Å². The highest BCUT2D eigenvalue weighted by atomic mass is 32.2. The maximum Gasteiger partial charge on any atom is 0.324 e. The molecule has 36 heavy (non-hydrogen) atoms. The molecule has 1 aromatic rings. The summed E-state index contributed by atoms with van der Waals surface area (Å²) < 4.78 is 39.2. The molecule has 0 bridgehead atoms. The number of hydrogen-bond donors (Lipinski definition) is 0. The maximum atomic E-state index is 13.6. The van der Waals surface area contributed by atoms with Crippen LogP contribution in [-0.2, 0) is 24.0 Å². The van der Waals surface area contributed by atoms with Crippen LogP contribution in [0, 0.1) is 10.1 Å². The zero-order valence-electron chi connectivity index (χ0n) is 22.3. The fourth-order valence-corrected chi connectivity index (χ4v) is 6.12. The lowest BCUT2D eigenvalue weighted by Crippen LogP contribution is -2.46. The highest BCUT2D eigenvalue weighted by Gasteiger charge is 2.39. The number of hydrogen-bond acceptors (Lipinski definition) is 7. The number of nitro benzene ring substituents is 1. The van der Waals surface area contributed by atoms with Gasteiger partial charge in [-0.1, -0.05) is 51.1 Å². The minimum Gasteiger partial charge on any atom is -0.468 e. The van der Waals surface area contributed by atoms with Crippen molar-refractivity contribution in [3.05, 3.63) is 59.2 Å². The van der Waals surface area contributed by atoms with Crippen LogP contribution in [0.5, 0.6) is 0 Å². The normalized spacial score (nSPS) is 13.3. The Hall–Kier alpha value is -2.34. The molecule has 202 valence electrons. The number of carbonyl (C=O) groups is 1. The number of esters is 1. The Morgan fingerprint density at radius 2 is 1.86 bits per heavy atom. The minimum atomic E-state index is -4.43. The van der Waals surface area contributed by atoms with Gasteiger partial charge >= 0.3 is 5.97 Å². The molecular weight excluding hydrogens is 500 g/mol. The minimum absolute atomic E-state index is 0.0145. The molecule has 1 rings (SSSR count). The molecule has 0 saturated heterocycles. The zero-order chi connectivity index (χ0) is 27.7. The Labute approximate surface area is 216 Å². The molecule has 0 fully saturated rings. The van der Waals surface area contributed by atoms with Gasteiger partial charge in [0.05, 0.1) is 12.0 Å². The largest absolute Gasteiger partial charge is 0.468 e. The van der Waals surface area contributed by atoms with Gasteiger partial charge in [-0.15, -0.1) is 6.58 Å². The first-order chi connectivity index (χ1) is 16.6. The molecule has 0 aliphatic rings. The molecule has 1 atom stereocenters. The first-order valence-corrected chi connectivity index (χ1v) is 16.2. The number of benzene rings is 1.